The molecule has 3 heterocycles. The largest absolute Gasteiger partial charge is 0.497 e. The molecule has 4 amide bonds. The molecule has 1 N–H and O–H groups in total. The first-order chi connectivity index (χ1) is 13.7. The van der Waals surface area contributed by atoms with Gasteiger partial charge in [-0.25, -0.2) is 4.79 Å². The van der Waals surface area contributed by atoms with Gasteiger partial charge in [-0.1, -0.05) is 12.1 Å². The molecule has 3 aliphatic rings. The number of urea groups is 1. The fourth-order valence-electron chi connectivity index (χ4n) is 4.96. The van der Waals surface area contributed by atoms with E-state index in [4.69, 9.17) is 4.74 Å². The van der Waals surface area contributed by atoms with Gasteiger partial charge in [-0.05, 0) is 44.5 Å². The molecular weight excluding hydrogens is 408 g/mol. The third-order valence-corrected chi connectivity index (χ3v) is 6.44. The van der Waals surface area contributed by atoms with Crippen molar-refractivity contribution in [3.63, 3.8) is 0 Å². The molecular formula is C21H29ClN4O4. The second-order valence-electron chi connectivity index (χ2n) is 8.83. The van der Waals surface area contributed by atoms with E-state index in [1.807, 2.05) is 17.0 Å². The van der Waals surface area contributed by atoms with Crippen molar-refractivity contribution in [2.75, 3.05) is 40.3 Å². The van der Waals surface area contributed by atoms with Gasteiger partial charge in [-0.2, -0.15) is 0 Å². The van der Waals surface area contributed by atoms with Crippen molar-refractivity contribution >= 4 is 30.3 Å². The number of ether oxygens (including phenoxy) is 1. The Kier molecular flexibility index (Phi) is 6.02. The van der Waals surface area contributed by atoms with E-state index < -0.39 is 11.6 Å². The molecule has 3 atom stereocenters. The number of carbonyl (C=O) groups is 3. The maximum absolute atomic E-state index is 12.9. The maximum Gasteiger partial charge on any atom is 0.325 e. The van der Waals surface area contributed by atoms with Gasteiger partial charge in [0.1, 0.15) is 17.8 Å². The Bertz CT molecular complexity index is 844. The Morgan fingerprint density at radius 3 is 2.40 bits per heavy atom. The quantitative estimate of drug-likeness (QED) is 0.723. The molecule has 0 aliphatic carbocycles. The molecule has 0 saturated carbocycles. The molecule has 9 heteroatoms. The van der Waals surface area contributed by atoms with Crippen LogP contribution >= 0.6 is 12.4 Å². The third kappa shape index (κ3) is 3.74. The summed E-state index contributed by atoms with van der Waals surface area (Å²) < 4.78 is 5.26. The molecule has 164 valence electrons. The number of rotatable bonds is 4. The van der Waals surface area contributed by atoms with Crippen LogP contribution in [0.4, 0.5) is 4.79 Å². The van der Waals surface area contributed by atoms with Crippen molar-refractivity contribution in [1.82, 2.24) is 20.0 Å². The van der Waals surface area contributed by atoms with Gasteiger partial charge in [-0.15, -0.1) is 12.4 Å². The lowest BCUT2D eigenvalue weighted by molar-refractivity contribution is -0.138. The van der Waals surface area contributed by atoms with Gasteiger partial charge in [0.15, 0.2) is 0 Å². The van der Waals surface area contributed by atoms with Crippen molar-refractivity contribution in [2.45, 2.75) is 25.4 Å². The van der Waals surface area contributed by atoms with Crippen LogP contribution in [-0.2, 0) is 9.59 Å². The molecule has 3 fully saturated rings. The smallest absolute Gasteiger partial charge is 0.325 e. The highest BCUT2D eigenvalue weighted by Gasteiger charge is 2.49. The molecule has 0 bridgehead atoms. The summed E-state index contributed by atoms with van der Waals surface area (Å²) in [5.41, 5.74) is 0.257. The number of nitrogens with one attached hydrogen (secondary N) is 1. The first-order valence-electron chi connectivity index (χ1n) is 9.97. The Labute approximate surface area is 182 Å². The molecule has 0 unspecified atom stereocenters. The predicted molar refractivity (Wildman–Crippen MR) is 113 cm³/mol. The maximum atomic E-state index is 12.9. The lowest BCUT2D eigenvalue weighted by atomic mass is 9.89. The summed E-state index contributed by atoms with van der Waals surface area (Å²) in [5, 5.41) is 2.62. The normalized spacial score (nSPS) is 27.7. The van der Waals surface area contributed by atoms with Crippen molar-refractivity contribution in [3.8, 4) is 5.75 Å². The average molecular weight is 437 g/mol. The van der Waals surface area contributed by atoms with E-state index in [1.165, 1.54) is 5.56 Å². The highest BCUT2D eigenvalue weighted by Crippen LogP contribution is 2.44. The van der Waals surface area contributed by atoms with E-state index in [2.05, 4.69) is 29.4 Å². The standard InChI is InChI=1S/C21H28N4O4.ClH/c1-21(2)19(27)25(20(28)22-21)12-17(26)24-10-14-9-23(3)18(16(14)11-24)13-5-7-15(29-4)8-6-13;/h5-8,14,16,18H,9-12H2,1-4H3,(H,22,28);1H/t14-,16+,18+;/m0./s1. The van der Waals surface area contributed by atoms with Crippen molar-refractivity contribution in [1.29, 1.82) is 0 Å². The molecule has 3 aliphatic heterocycles. The lowest BCUT2D eigenvalue weighted by Gasteiger charge is -2.27. The summed E-state index contributed by atoms with van der Waals surface area (Å²) in [6.07, 6.45) is 0. The van der Waals surface area contributed by atoms with Crippen molar-refractivity contribution in [3.05, 3.63) is 29.8 Å². The minimum atomic E-state index is -0.957. The molecule has 0 spiro atoms. The van der Waals surface area contributed by atoms with Gasteiger partial charge in [0.05, 0.1) is 7.11 Å². The van der Waals surface area contributed by atoms with Gasteiger partial charge in [0.25, 0.3) is 5.91 Å². The predicted octanol–water partition coefficient (Wildman–Crippen LogP) is 1.51. The van der Waals surface area contributed by atoms with Crippen LogP contribution in [0.1, 0.15) is 25.5 Å². The van der Waals surface area contributed by atoms with Crippen LogP contribution in [0, 0.1) is 11.8 Å². The van der Waals surface area contributed by atoms with Crippen LogP contribution in [0.2, 0.25) is 0 Å². The Hall–Kier alpha value is -2.32. The Morgan fingerprint density at radius 2 is 1.83 bits per heavy atom. The van der Waals surface area contributed by atoms with E-state index in [-0.39, 0.29) is 36.8 Å². The summed E-state index contributed by atoms with van der Waals surface area (Å²) in [4.78, 5) is 42.5. The van der Waals surface area contributed by atoms with E-state index in [0.717, 1.165) is 17.2 Å². The summed E-state index contributed by atoms with van der Waals surface area (Å²) >= 11 is 0. The van der Waals surface area contributed by atoms with E-state index in [0.29, 0.717) is 24.9 Å². The van der Waals surface area contributed by atoms with E-state index >= 15 is 0 Å². The van der Waals surface area contributed by atoms with Gasteiger partial charge < -0.3 is 15.0 Å². The molecule has 30 heavy (non-hydrogen) atoms. The molecule has 0 aromatic heterocycles. The highest BCUT2D eigenvalue weighted by atomic mass is 35.5. The summed E-state index contributed by atoms with van der Waals surface area (Å²) in [5.74, 6) is 1.01. The number of hydrogen-bond donors (Lipinski definition) is 1. The third-order valence-electron chi connectivity index (χ3n) is 6.44. The first-order valence-corrected chi connectivity index (χ1v) is 9.97. The molecule has 8 nitrogen and oxygen atoms in total. The van der Waals surface area contributed by atoms with Gasteiger partial charge in [0.2, 0.25) is 5.91 Å². The minimum Gasteiger partial charge on any atom is -0.497 e. The molecule has 0 radical (unpaired) electrons. The Balaban J connectivity index is 0.00000256. The van der Waals surface area contributed by atoms with Crippen LogP contribution in [0.15, 0.2) is 24.3 Å². The topological polar surface area (TPSA) is 82.2 Å². The molecule has 1 aromatic rings. The number of halogens is 1. The number of imide groups is 1. The van der Waals surface area contributed by atoms with Crippen LogP contribution in [0.3, 0.4) is 0 Å². The first kappa shape index (κ1) is 22.4. The number of likely N-dealkylation sites (tertiary alicyclic amines) is 2. The van der Waals surface area contributed by atoms with Crippen LogP contribution in [-0.4, -0.2) is 78.4 Å². The highest BCUT2D eigenvalue weighted by molar-refractivity contribution is 6.08. The number of methoxy groups -OCH3 is 1. The number of nitrogens with zero attached hydrogens (tertiary/aromatic N) is 3. The van der Waals surface area contributed by atoms with Crippen molar-refractivity contribution < 1.29 is 19.1 Å². The minimum absolute atomic E-state index is 0. The average Bonchev–Trinajstić information content (AvgIpc) is 3.26. The van der Waals surface area contributed by atoms with Crippen molar-refractivity contribution in [2.24, 2.45) is 11.8 Å². The fraction of sp³-hybridized carbons (Fsp3) is 0.571. The fourth-order valence-corrected chi connectivity index (χ4v) is 4.96. The number of fused-ring (bicyclic) bond motifs is 1. The molecule has 3 saturated heterocycles. The van der Waals surface area contributed by atoms with Crippen LogP contribution < -0.4 is 10.1 Å². The monoisotopic (exact) mass is 436 g/mol. The summed E-state index contributed by atoms with van der Waals surface area (Å²) in [7, 11) is 3.77. The second kappa shape index (κ2) is 8.07. The van der Waals surface area contributed by atoms with E-state index in [9.17, 15) is 14.4 Å². The lowest BCUT2D eigenvalue weighted by Crippen LogP contribution is -2.44. The second-order valence-corrected chi connectivity index (χ2v) is 8.83. The summed E-state index contributed by atoms with van der Waals surface area (Å²) in [6, 6.07) is 7.84. The number of amides is 4. The molecule has 4 rings (SSSR count). The van der Waals surface area contributed by atoms with Gasteiger partial charge >= 0.3 is 6.03 Å². The number of hydrogen-bond acceptors (Lipinski definition) is 5. The van der Waals surface area contributed by atoms with Gasteiger partial charge in [-0.3, -0.25) is 19.4 Å². The SMILES string of the molecule is COc1ccc([C@@H]2[C@@H]3CN(C(=O)CN4C(=O)NC(C)(C)C4=O)C[C@@H]3CN2C)cc1.Cl. The summed E-state index contributed by atoms with van der Waals surface area (Å²) in [6.45, 7) is 5.31. The van der Waals surface area contributed by atoms with Gasteiger partial charge in [0, 0.05) is 31.6 Å². The molecule has 1 aromatic carbocycles. The zero-order valence-electron chi connectivity index (χ0n) is 17.8. The number of benzene rings is 1. The number of carbonyl (C=O) groups excluding carboxylic acids is 3. The Morgan fingerprint density at radius 1 is 1.17 bits per heavy atom. The van der Waals surface area contributed by atoms with Crippen LogP contribution in [0.25, 0.3) is 0 Å². The van der Waals surface area contributed by atoms with Crippen LogP contribution in [0.5, 0.6) is 5.75 Å². The zero-order valence-corrected chi connectivity index (χ0v) is 18.6. The van der Waals surface area contributed by atoms with E-state index in [1.54, 1.807) is 21.0 Å². The zero-order chi connectivity index (χ0) is 20.9.